The largest absolute Gasteiger partial charge is 0.347 e. The van der Waals surface area contributed by atoms with Gasteiger partial charge in [-0.15, -0.1) is 0 Å². The van der Waals surface area contributed by atoms with Crippen molar-refractivity contribution in [2.75, 3.05) is 5.32 Å². The molecule has 2 aromatic carbocycles. The fourth-order valence-corrected chi connectivity index (χ4v) is 3.04. The number of nitrogens with zero attached hydrogens (tertiary/aromatic N) is 2. The molecule has 0 atom stereocenters. The molecule has 0 aliphatic carbocycles. The summed E-state index contributed by atoms with van der Waals surface area (Å²) >= 11 is 0. The van der Waals surface area contributed by atoms with Crippen molar-refractivity contribution < 1.29 is 14.4 Å². The second kappa shape index (κ2) is 8.90. The van der Waals surface area contributed by atoms with Gasteiger partial charge in [-0.25, -0.2) is 5.01 Å². The Balaban J connectivity index is 1.76. The molecule has 156 valence electrons. The minimum Gasteiger partial charge on any atom is -0.347 e. The molecule has 0 saturated carbocycles. The van der Waals surface area contributed by atoms with Gasteiger partial charge in [-0.1, -0.05) is 42.5 Å². The molecule has 0 bridgehead atoms. The topological polar surface area (TPSA) is 90.9 Å². The maximum absolute atomic E-state index is 12.8. The first-order chi connectivity index (χ1) is 14.2. The standard InChI is InChI=1S/C23H26N4O3/c1-23(2,3)25-21(29)17-11-7-8-12-18(17)24-22(30)19-13-14-20(28)27(26-19)15-16-9-5-4-6-10-16/h4-12H,13-15H2,1-3H3,(H,24,30)(H,25,29). The summed E-state index contributed by atoms with van der Waals surface area (Å²) in [5.41, 5.74) is 1.56. The van der Waals surface area contributed by atoms with Gasteiger partial charge in [-0.3, -0.25) is 14.4 Å². The van der Waals surface area contributed by atoms with Gasteiger partial charge in [-0.05, 0) is 38.5 Å². The average Bonchev–Trinajstić information content (AvgIpc) is 2.69. The molecule has 1 aliphatic rings. The van der Waals surface area contributed by atoms with E-state index in [1.807, 2.05) is 51.1 Å². The molecular formula is C23H26N4O3. The third-order valence-corrected chi connectivity index (χ3v) is 4.45. The predicted molar refractivity (Wildman–Crippen MR) is 116 cm³/mol. The molecule has 1 aliphatic heterocycles. The van der Waals surface area contributed by atoms with Crippen LogP contribution in [0.1, 0.15) is 49.5 Å². The third-order valence-electron chi connectivity index (χ3n) is 4.45. The summed E-state index contributed by atoms with van der Waals surface area (Å²) in [5.74, 6) is -0.818. The number of para-hydroxylation sites is 1. The highest BCUT2D eigenvalue weighted by atomic mass is 16.2. The third kappa shape index (κ3) is 5.53. The van der Waals surface area contributed by atoms with Gasteiger partial charge < -0.3 is 10.6 Å². The van der Waals surface area contributed by atoms with E-state index in [2.05, 4.69) is 15.7 Å². The molecule has 0 saturated heterocycles. The van der Waals surface area contributed by atoms with E-state index in [0.29, 0.717) is 17.8 Å². The molecule has 7 nitrogen and oxygen atoms in total. The summed E-state index contributed by atoms with van der Waals surface area (Å²) in [6.07, 6.45) is 0.470. The Morgan fingerprint density at radius 1 is 0.967 bits per heavy atom. The monoisotopic (exact) mass is 406 g/mol. The molecule has 3 rings (SSSR count). The van der Waals surface area contributed by atoms with E-state index in [0.717, 1.165) is 5.56 Å². The molecule has 2 aromatic rings. The van der Waals surface area contributed by atoms with Crippen LogP contribution in [0, 0.1) is 0 Å². The minimum atomic E-state index is -0.420. The first-order valence-electron chi connectivity index (χ1n) is 9.87. The number of anilines is 1. The number of carbonyl (C=O) groups excluding carboxylic acids is 3. The van der Waals surface area contributed by atoms with E-state index in [1.165, 1.54) is 5.01 Å². The molecule has 2 N–H and O–H groups in total. The summed E-state index contributed by atoms with van der Waals surface area (Å²) in [5, 5.41) is 11.3. The summed E-state index contributed by atoms with van der Waals surface area (Å²) in [6.45, 7) is 5.98. The molecule has 0 aromatic heterocycles. The van der Waals surface area contributed by atoms with E-state index in [9.17, 15) is 14.4 Å². The molecule has 0 fully saturated rings. The van der Waals surface area contributed by atoms with Crippen molar-refractivity contribution in [3.8, 4) is 0 Å². The number of nitrogens with one attached hydrogen (secondary N) is 2. The Hall–Kier alpha value is -3.48. The highest BCUT2D eigenvalue weighted by molar-refractivity contribution is 6.43. The van der Waals surface area contributed by atoms with Crippen molar-refractivity contribution in [1.82, 2.24) is 10.3 Å². The first-order valence-corrected chi connectivity index (χ1v) is 9.87. The van der Waals surface area contributed by atoms with Crippen LogP contribution in [0.2, 0.25) is 0 Å². The van der Waals surface area contributed by atoms with Crippen LogP contribution in [0.25, 0.3) is 0 Å². The lowest BCUT2D eigenvalue weighted by molar-refractivity contribution is -0.132. The molecular weight excluding hydrogens is 380 g/mol. The maximum Gasteiger partial charge on any atom is 0.271 e. The Morgan fingerprint density at radius 3 is 2.33 bits per heavy atom. The first kappa shape index (κ1) is 21.2. The Morgan fingerprint density at radius 2 is 1.63 bits per heavy atom. The van der Waals surface area contributed by atoms with Crippen LogP contribution >= 0.6 is 0 Å². The Kier molecular flexibility index (Phi) is 6.30. The van der Waals surface area contributed by atoms with Crippen molar-refractivity contribution in [2.45, 2.75) is 45.7 Å². The van der Waals surface area contributed by atoms with E-state index in [4.69, 9.17) is 0 Å². The van der Waals surface area contributed by atoms with E-state index < -0.39 is 11.4 Å². The van der Waals surface area contributed by atoms with Gasteiger partial charge in [0.1, 0.15) is 5.71 Å². The van der Waals surface area contributed by atoms with Gasteiger partial charge in [-0.2, -0.15) is 5.10 Å². The second-order valence-corrected chi connectivity index (χ2v) is 8.19. The lowest BCUT2D eigenvalue weighted by Crippen LogP contribution is -2.41. The average molecular weight is 406 g/mol. The van der Waals surface area contributed by atoms with Crippen molar-refractivity contribution >= 4 is 29.1 Å². The second-order valence-electron chi connectivity index (χ2n) is 8.19. The lowest BCUT2D eigenvalue weighted by Gasteiger charge is -2.24. The zero-order valence-electron chi connectivity index (χ0n) is 17.4. The van der Waals surface area contributed by atoms with Gasteiger partial charge in [0, 0.05) is 18.4 Å². The molecule has 7 heteroatoms. The summed E-state index contributed by atoms with van der Waals surface area (Å²) in [7, 11) is 0. The SMILES string of the molecule is CC(C)(C)NC(=O)c1ccccc1NC(=O)C1=NN(Cc2ccccc2)C(=O)CC1. The van der Waals surface area contributed by atoms with E-state index in [-0.39, 0.29) is 30.4 Å². The zero-order valence-corrected chi connectivity index (χ0v) is 17.4. The van der Waals surface area contributed by atoms with Crippen molar-refractivity contribution in [1.29, 1.82) is 0 Å². The minimum absolute atomic E-state index is 0.125. The molecule has 0 radical (unpaired) electrons. The molecule has 30 heavy (non-hydrogen) atoms. The van der Waals surface area contributed by atoms with Crippen LogP contribution in [-0.2, 0) is 16.1 Å². The quantitative estimate of drug-likeness (QED) is 0.798. The Labute approximate surface area is 176 Å². The highest BCUT2D eigenvalue weighted by Crippen LogP contribution is 2.19. The summed E-state index contributed by atoms with van der Waals surface area (Å²) in [4.78, 5) is 37.6. The number of rotatable bonds is 5. The van der Waals surface area contributed by atoms with Gasteiger partial charge in [0.05, 0.1) is 17.8 Å². The van der Waals surface area contributed by atoms with Crippen molar-refractivity contribution in [2.24, 2.45) is 5.10 Å². The normalized spacial score (nSPS) is 14.2. The lowest BCUT2D eigenvalue weighted by atomic mass is 10.1. The van der Waals surface area contributed by atoms with Crippen molar-refractivity contribution in [3.63, 3.8) is 0 Å². The van der Waals surface area contributed by atoms with Crippen LogP contribution < -0.4 is 10.6 Å². The molecule has 3 amide bonds. The number of hydrogen-bond acceptors (Lipinski definition) is 4. The van der Waals surface area contributed by atoms with Crippen molar-refractivity contribution in [3.05, 3.63) is 65.7 Å². The Bertz CT molecular complexity index is 977. The predicted octanol–water partition coefficient (Wildman–Crippen LogP) is 3.33. The molecule has 0 unspecified atom stereocenters. The van der Waals surface area contributed by atoms with Crippen LogP contribution in [0.15, 0.2) is 59.7 Å². The van der Waals surface area contributed by atoms with Gasteiger partial charge >= 0.3 is 0 Å². The van der Waals surface area contributed by atoms with E-state index in [1.54, 1.807) is 24.3 Å². The van der Waals surface area contributed by atoms with E-state index >= 15 is 0 Å². The van der Waals surface area contributed by atoms with Gasteiger partial charge in [0.15, 0.2) is 0 Å². The van der Waals surface area contributed by atoms with Crippen LogP contribution in [-0.4, -0.2) is 34.0 Å². The highest BCUT2D eigenvalue weighted by Gasteiger charge is 2.26. The van der Waals surface area contributed by atoms with Crippen LogP contribution in [0.3, 0.4) is 0 Å². The number of carbonyl (C=O) groups is 3. The number of benzene rings is 2. The molecule has 1 heterocycles. The zero-order chi connectivity index (χ0) is 21.7. The maximum atomic E-state index is 12.8. The number of amides is 3. The van der Waals surface area contributed by atoms with Crippen LogP contribution in [0.4, 0.5) is 5.69 Å². The molecule has 0 spiro atoms. The number of hydrazone groups is 1. The number of hydrogen-bond donors (Lipinski definition) is 2. The van der Waals surface area contributed by atoms with Gasteiger partial charge in [0.25, 0.3) is 11.8 Å². The smallest absolute Gasteiger partial charge is 0.271 e. The summed E-state index contributed by atoms with van der Waals surface area (Å²) < 4.78 is 0. The summed E-state index contributed by atoms with van der Waals surface area (Å²) in [6, 6.07) is 16.3. The van der Waals surface area contributed by atoms with Crippen LogP contribution in [0.5, 0.6) is 0 Å². The fraction of sp³-hybridized carbons (Fsp3) is 0.304. The van der Waals surface area contributed by atoms with Gasteiger partial charge in [0.2, 0.25) is 5.91 Å². The fourth-order valence-electron chi connectivity index (χ4n) is 3.04.